The van der Waals surface area contributed by atoms with Gasteiger partial charge in [0, 0.05) is 11.1 Å². The Morgan fingerprint density at radius 1 is 1.25 bits per heavy atom. The lowest BCUT2D eigenvalue weighted by molar-refractivity contribution is -0.144. The van der Waals surface area contributed by atoms with Crippen molar-refractivity contribution < 1.29 is 19.1 Å². The number of benzene rings is 1. The second-order valence-electron chi connectivity index (χ2n) is 4.05. The highest BCUT2D eigenvalue weighted by Crippen LogP contribution is 2.28. The van der Waals surface area contributed by atoms with Crippen molar-refractivity contribution in [2.24, 2.45) is 0 Å². The van der Waals surface area contributed by atoms with E-state index in [0.717, 1.165) is 0 Å². The van der Waals surface area contributed by atoms with E-state index in [0.29, 0.717) is 21.6 Å². The first-order valence-electron chi connectivity index (χ1n) is 5.83. The molecule has 0 atom stereocenters. The fraction of sp³-hybridized carbons (Fsp3) is 0.286. The quantitative estimate of drug-likeness (QED) is 0.455. The molecule has 1 aromatic rings. The molecular formula is C14H14Cl2O4. The molecular weight excluding hydrogens is 303 g/mol. The minimum absolute atomic E-state index is 0.0239. The summed E-state index contributed by atoms with van der Waals surface area (Å²) in [5.74, 6) is 0.118. The largest absolute Gasteiger partial charge is 0.461 e. The van der Waals surface area contributed by atoms with Crippen LogP contribution in [0.1, 0.15) is 20.3 Å². The Kier molecular flexibility index (Phi) is 6.55. The molecule has 0 aliphatic rings. The SMILES string of the molecule is CC(=O)CC(=O)OC/C=C(\C)Oc1cc(Cl)ccc1Cl. The van der Waals surface area contributed by atoms with Gasteiger partial charge in [-0.3, -0.25) is 9.59 Å². The third-order valence-corrected chi connectivity index (χ3v) is 2.72. The van der Waals surface area contributed by atoms with Gasteiger partial charge in [-0.2, -0.15) is 0 Å². The fourth-order valence-electron chi connectivity index (χ4n) is 1.28. The molecule has 20 heavy (non-hydrogen) atoms. The molecule has 4 nitrogen and oxygen atoms in total. The second kappa shape index (κ2) is 7.92. The van der Waals surface area contributed by atoms with E-state index in [1.54, 1.807) is 31.2 Å². The topological polar surface area (TPSA) is 52.6 Å². The number of allylic oxidation sites excluding steroid dienone is 1. The molecule has 0 saturated heterocycles. The summed E-state index contributed by atoms with van der Waals surface area (Å²) in [6.07, 6.45) is 1.34. The number of hydrogen-bond donors (Lipinski definition) is 0. The van der Waals surface area contributed by atoms with Crippen molar-refractivity contribution >= 4 is 35.0 Å². The standard InChI is InChI=1S/C14H14Cl2O4/c1-9(17)7-14(18)19-6-5-10(2)20-13-8-11(15)3-4-12(13)16/h3-5,8H,6-7H2,1-2H3/b10-5+. The first-order valence-corrected chi connectivity index (χ1v) is 6.59. The van der Waals surface area contributed by atoms with Crippen LogP contribution in [0.5, 0.6) is 5.75 Å². The molecule has 0 bridgehead atoms. The Labute approximate surface area is 127 Å². The van der Waals surface area contributed by atoms with E-state index in [1.165, 1.54) is 6.92 Å². The third-order valence-electron chi connectivity index (χ3n) is 2.17. The van der Waals surface area contributed by atoms with E-state index in [1.807, 2.05) is 0 Å². The van der Waals surface area contributed by atoms with Crippen molar-refractivity contribution in [1.82, 2.24) is 0 Å². The Morgan fingerprint density at radius 2 is 1.95 bits per heavy atom. The van der Waals surface area contributed by atoms with Crippen LogP contribution in [-0.4, -0.2) is 18.4 Å². The molecule has 6 heteroatoms. The molecule has 0 aliphatic heterocycles. The maximum absolute atomic E-state index is 11.1. The summed E-state index contributed by atoms with van der Waals surface area (Å²) in [6, 6.07) is 4.86. The third kappa shape index (κ3) is 6.08. The Bertz CT molecular complexity index is 538. The number of ketones is 1. The van der Waals surface area contributed by atoms with E-state index in [-0.39, 0.29) is 18.8 Å². The van der Waals surface area contributed by atoms with Crippen LogP contribution < -0.4 is 4.74 Å². The number of halogens is 2. The molecule has 0 aliphatic carbocycles. The molecule has 0 spiro atoms. The summed E-state index contributed by atoms with van der Waals surface area (Å²) in [5, 5.41) is 0.931. The first kappa shape index (κ1) is 16.5. The van der Waals surface area contributed by atoms with Crippen molar-refractivity contribution in [3.05, 3.63) is 40.1 Å². The summed E-state index contributed by atoms with van der Waals surface area (Å²) >= 11 is 11.8. The van der Waals surface area contributed by atoms with Crippen LogP contribution in [0.4, 0.5) is 0 Å². The van der Waals surface area contributed by atoms with Crippen LogP contribution in [0.25, 0.3) is 0 Å². The lowest BCUT2D eigenvalue weighted by Gasteiger charge is -2.08. The van der Waals surface area contributed by atoms with Gasteiger partial charge in [0.25, 0.3) is 0 Å². The van der Waals surface area contributed by atoms with E-state index >= 15 is 0 Å². The highest BCUT2D eigenvalue weighted by atomic mass is 35.5. The summed E-state index contributed by atoms with van der Waals surface area (Å²) in [6.45, 7) is 3.04. The zero-order valence-corrected chi connectivity index (χ0v) is 12.6. The lowest BCUT2D eigenvalue weighted by atomic mass is 10.3. The molecule has 0 radical (unpaired) electrons. The lowest BCUT2D eigenvalue weighted by Crippen LogP contribution is -2.09. The van der Waals surface area contributed by atoms with Gasteiger partial charge in [-0.15, -0.1) is 0 Å². The zero-order valence-electron chi connectivity index (χ0n) is 11.1. The van der Waals surface area contributed by atoms with Gasteiger partial charge in [-0.1, -0.05) is 23.2 Å². The molecule has 0 N–H and O–H groups in total. The van der Waals surface area contributed by atoms with Crippen molar-refractivity contribution in [1.29, 1.82) is 0 Å². The minimum Gasteiger partial charge on any atom is -0.461 e. The molecule has 0 fully saturated rings. The molecule has 108 valence electrons. The van der Waals surface area contributed by atoms with E-state index < -0.39 is 5.97 Å². The Balaban J connectivity index is 2.51. The summed E-state index contributed by atoms with van der Waals surface area (Å²) < 4.78 is 10.3. The number of hydrogen-bond acceptors (Lipinski definition) is 4. The highest BCUT2D eigenvalue weighted by Gasteiger charge is 2.06. The van der Waals surface area contributed by atoms with Crippen LogP contribution in [-0.2, 0) is 14.3 Å². The van der Waals surface area contributed by atoms with Crippen LogP contribution in [0.2, 0.25) is 10.0 Å². The minimum atomic E-state index is -0.567. The number of carbonyl (C=O) groups is 2. The van der Waals surface area contributed by atoms with Crippen LogP contribution >= 0.6 is 23.2 Å². The average Bonchev–Trinajstić information content (AvgIpc) is 2.33. The highest BCUT2D eigenvalue weighted by molar-refractivity contribution is 6.34. The van der Waals surface area contributed by atoms with Crippen molar-refractivity contribution in [2.75, 3.05) is 6.61 Å². The van der Waals surface area contributed by atoms with Gasteiger partial charge in [0.2, 0.25) is 0 Å². The maximum atomic E-state index is 11.1. The van der Waals surface area contributed by atoms with Crippen molar-refractivity contribution in [3.8, 4) is 5.75 Å². The number of esters is 1. The van der Waals surface area contributed by atoms with Gasteiger partial charge in [-0.25, -0.2) is 0 Å². The molecule has 0 amide bonds. The van der Waals surface area contributed by atoms with Crippen molar-refractivity contribution in [3.63, 3.8) is 0 Å². The first-order chi connectivity index (χ1) is 9.38. The average molecular weight is 317 g/mol. The van der Waals surface area contributed by atoms with Gasteiger partial charge in [0.15, 0.2) is 0 Å². The second-order valence-corrected chi connectivity index (χ2v) is 4.90. The monoisotopic (exact) mass is 316 g/mol. The van der Waals surface area contributed by atoms with Gasteiger partial charge in [0.1, 0.15) is 30.3 Å². The van der Waals surface area contributed by atoms with E-state index in [4.69, 9.17) is 32.7 Å². The number of rotatable bonds is 6. The summed E-state index contributed by atoms with van der Waals surface area (Å²) in [5.41, 5.74) is 0. The van der Waals surface area contributed by atoms with Gasteiger partial charge in [0.05, 0.1) is 5.02 Å². The molecule has 1 rings (SSSR count). The van der Waals surface area contributed by atoms with Crippen LogP contribution in [0.3, 0.4) is 0 Å². The van der Waals surface area contributed by atoms with E-state index in [2.05, 4.69) is 0 Å². The predicted octanol–water partition coefficient (Wildman–Crippen LogP) is 3.80. The number of carbonyl (C=O) groups excluding carboxylic acids is 2. The predicted molar refractivity (Wildman–Crippen MR) is 77.1 cm³/mol. The number of ether oxygens (including phenoxy) is 2. The Hall–Kier alpha value is -1.52. The van der Waals surface area contributed by atoms with Crippen molar-refractivity contribution in [2.45, 2.75) is 20.3 Å². The van der Waals surface area contributed by atoms with Crippen LogP contribution in [0, 0.1) is 0 Å². The Morgan fingerprint density at radius 3 is 2.60 bits per heavy atom. The fourth-order valence-corrected chi connectivity index (χ4v) is 1.59. The molecule has 0 unspecified atom stereocenters. The molecule has 0 saturated carbocycles. The van der Waals surface area contributed by atoms with E-state index in [9.17, 15) is 9.59 Å². The number of Topliss-reactive ketones (excluding diaryl/α,β-unsaturated/α-hetero) is 1. The molecule has 0 heterocycles. The molecule has 0 aromatic heterocycles. The smallest absolute Gasteiger partial charge is 0.313 e. The van der Waals surface area contributed by atoms with Gasteiger partial charge in [-0.05, 0) is 32.1 Å². The molecule has 1 aromatic carbocycles. The van der Waals surface area contributed by atoms with Crippen LogP contribution in [0.15, 0.2) is 30.0 Å². The van der Waals surface area contributed by atoms with Gasteiger partial charge >= 0.3 is 5.97 Å². The summed E-state index contributed by atoms with van der Waals surface area (Å²) in [7, 11) is 0. The maximum Gasteiger partial charge on any atom is 0.313 e. The zero-order chi connectivity index (χ0) is 15.1. The normalized spacial score (nSPS) is 11.1. The summed E-state index contributed by atoms with van der Waals surface area (Å²) in [4.78, 5) is 21.8. The van der Waals surface area contributed by atoms with Gasteiger partial charge < -0.3 is 9.47 Å².